The van der Waals surface area contributed by atoms with E-state index >= 15 is 0 Å². The summed E-state index contributed by atoms with van der Waals surface area (Å²) in [6.45, 7) is 1.84. The molecule has 0 radical (unpaired) electrons. The number of oxazole rings is 1. The van der Waals surface area contributed by atoms with Gasteiger partial charge in [-0.2, -0.15) is 0 Å². The van der Waals surface area contributed by atoms with Gasteiger partial charge in [0.25, 0.3) is 5.91 Å². The van der Waals surface area contributed by atoms with Gasteiger partial charge in [0.1, 0.15) is 5.69 Å². The third kappa shape index (κ3) is 3.57. The van der Waals surface area contributed by atoms with Crippen molar-refractivity contribution >= 4 is 22.9 Å². The summed E-state index contributed by atoms with van der Waals surface area (Å²) in [5, 5.41) is 0. The Hall–Kier alpha value is -3.49. The fraction of sp³-hybridized carbons (Fsp3) is 0.278. The Labute approximate surface area is 153 Å². The summed E-state index contributed by atoms with van der Waals surface area (Å²) in [4.78, 5) is 50.1. The number of piperazine rings is 1. The number of fused-ring (bicyclic) bond motifs is 1. The SMILES string of the molecule is O=C(Cc1ccc2oc(=O)[nH]c2c1)N1CCN(C(=O)c2cnccn2)CC1. The first-order valence-corrected chi connectivity index (χ1v) is 8.55. The molecule has 9 heteroatoms. The van der Waals surface area contributed by atoms with E-state index in [2.05, 4.69) is 15.0 Å². The molecule has 9 nitrogen and oxygen atoms in total. The second kappa shape index (κ2) is 7.02. The summed E-state index contributed by atoms with van der Waals surface area (Å²) in [5.41, 5.74) is 2.14. The number of hydrogen-bond acceptors (Lipinski definition) is 6. The standard InChI is InChI=1S/C18H17N5O4/c24-16(10-12-1-2-15-13(9-12)21-18(26)27-15)22-5-7-23(8-6-22)17(25)14-11-19-3-4-20-14/h1-4,9,11H,5-8,10H2,(H,21,26). The van der Waals surface area contributed by atoms with Crippen LogP contribution in [0, 0.1) is 0 Å². The molecule has 27 heavy (non-hydrogen) atoms. The molecule has 0 unspecified atom stereocenters. The van der Waals surface area contributed by atoms with E-state index in [1.807, 2.05) is 0 Å². The van der Waals surface area contributed by atoms with Crippen LogP contribution in [0.3, 0.4) is 0 Å². The third-order valence-electron chi connectivity index (χ3n) is 4.54. The number of benzene rings is 1. The zero-order valence-corrected chi connectivity index (χ0v) is 14.4. The first-order chi connectivity index (χ1) is 13.1. The lowest BCUT2D eigenvalue weighted by Crippen LogP contribution is -2.51. The quantitative estimate of drug-likeness (QED) is 0.719. The highest BCUT2D eigenvalue weighted by Crippen LogP contribution is 2.14. The van der Waals surface area contributed by atoms with Crippen molar-refractivity contribution in [2.75, 3.05) is 26.2 Å². The summed E-state index contributed by atoms with van der Waals surface area (Å²) in [5.74, 6) is -0.714. The summed E-state index contributed by atoms with van der Waals surface area (Å²) in [6, 6.07) is 5.18. The van der Waals surface area contributed by atoms with Gasteiger partial charge in [0.05, 0.1) is 18.1 Å². The monoisotopic (exact) mass is 367 g/mol. The van der Waals surface area contributed by atoms with Crippen LogP contribution in [0.15, 0.2) is 46.0 Å². The summed E-state index contributed by atoms with van der Waals surface area (Å²) >= 11 is 0. The van der Waals surface area contributed by atoms with E-state index in [-0.39, 0.29) is 18.2 Å². The minimum atomic E-state index is -0.516. The maximum Gasteiger partial charge on any atom is 0.417 e. The minimum Gasteiger partial charge on any atom is -0.408 e. The normalized spacial score (nSPS) is 14.5. The molecule has 1 saturated heterocycles. The third-order valence-corrected chi connectivity index (χ3v) is 4.54. The molecule has 0 saturated carbocycles. The molecule has 1 N–H and O–H groups in total. The van der Waals surface area contributed by atoms with Gasteiger partial charge in [-0.05, 0) is 17.7 Å². The Morgan fingerprint density at radius 3 is 2.63 bits per heavy atom. The number of nitrogens with zero attached hydrogens (tertiary/aromatic N) is 4. The molecule has 0 bridgehead atoms. The number of carbonyl (C=O) groups excluding carboxylic acids is 2. The first kappa shape index (κ1) is 17.0. The van der Waals surface area contributed by atoms with Gasteiger partial charge in [-0.25, -0.2) is 9.78 Å². The molecule has 2 aromatic heterocycles. The van der Waals surface area contributed by atoms with E-state index in [0.717, 1.165) is 5.56 Å². The molecular weight excluding hydrogens is 350 g/mol. The van der Waals surface area contributed by atoms with Crippen LogP contribution in [0.5, 0.6) is 0 Å². The van der Waals surface area contributed by atoms with Crippen LogP contribution >= 0.6 is 0 Å². The summed E-state index contributed by atoms with van der Waals surface area (Å²) < 4.78 is 4.96. The Morgan fingerprint density at radius 2 is 1.89 bits per heavy atom. The number of rotatable bonds is 3. The molecule has 1 fully saturated rings. The molecule has 0 spiro atoms. The predicted molar refractivity (Wildman–Crippen MR) is 95.1 cm³/mol. The van der Waals surface area contributed by atoms with E-state index in [0.29, 0.717) is 43.0 Å². The van der Waals surface area contributed by atoms with Crippen LogP contribution in [-0.4, -0.2) is 62.7 Å². The molecule has 138 valence electrons. The highest BCUT2D eigenvalue weighted by Gasteiger charge is 2.25. The van der Waals surface area contributed by atoms with Crippen LogP contribution in [0.2, 0.25) is 0 Å². The van der Waals surface area contributed by atoms with Crippen molar-refractivity contribution in [3.63, 3.8) is 0 Å². The van der Waals surface area contributed by atoms with Crippen molar-refractivity contribution in [1.29, 1.82) is 0 Å². The lowest BCUT2D eigenvalue weighted by molar-refractivity contribution is -0.131. The molecule has 3 aromatic rings. The van der Waals surface area contributed by atoms with Crippen LogP contribution in [0.25, 0.3) is 11.1 Å². The highest BCUT2D eigenvalue weighted by molar-refractivity contribution is 5.92. The average Bonchev–Trinajstić information content (AvgIpc) is 3.07. The van der Waals surface area contributed by atoms with Crippen molar-refractivity contribution in [1.82, 2.24) is 24.8 Å². The number of amides is 2. The van der Waals surface area contributed by atoms with E-state index in [1.165, 1.54) is 18.6 Å². The van der Waals surface area contributed by atoms with Gasteiger partial charge < -0.3 is 14.2 Å². The molecule has 1 aliphatic heterocycles. The van der Waals surface area contributed by atoms with Gasteiger partial charge in [0.2, 0.25) is 5.91 Å². The topological polar surface area (TPSA) is 112 Å². The number of carbonyl (C=O) groups is 2. The molecule has 1 aliphatic rings. The van der Waals surface area contributed by atoms with E-state index < -0.39 is 5.76 Å². The first-order valence-electron chi connectivity index (χ1n) is 8.55. The van der Waals surface area contributed by atoms with Crippen molar-refractivity contribution < 1.29 is 14.0 Å². The lowest BCUT2D eigenvalue weighted by atomic mass is 10.1. The Bertz CT molecular complexity index is 1030. The van der Waals surface area contributed by atoms with Gasteiger partial charge in [-0.1, -0.05) is 6.07 Å². The summed E-state index contributed by atoms with van der Waals surface area (Å²) in [7, 11) is 0. The van der Waals surface area contributed by atoms with Crippen molar-refractivity contribution in [3.05, 3.63) is 58.6 Å². The Kier molecular flexibility index (Phi) is 4.41. The second-order valence-electron chi connectivity index (χ2n) is 6.29. The number of nitrogens with one attached hydrogen (secondary N) is 1. The fourth-order valence-electron chi connectivity index (χ4n) is 3.13. The number of hydrogen-bond donors (Lipinski definition) is 1. The van der Waals surface area contributed by atoms with Crippen molar-refractivity contribution in [3.8, 4) is 0 Å². The largest absolute Gasteiger partial charge is 0.417 e. The zero-order valence-electron chi connectivity index (χ0n) is 14.4. The number of H-pyrrole nitrogens is 1. The lowest BCUT2D eigenvalue weighted by Gasteiger charge is -2.34. The van der Waals surface area contributed by atoms with Gasteiger partial charge in [0.15, 0.2) is 5.58 Å². The van der Waals surface area contributed by atoms with Crippen molar-refractivity contribution in [2.24, 2.45) is 0 Å². The van der Waals surface area contributed by atoms with E-state index in [9.17, 15) is 14.4 Å². The zero-order chi connectivity index (χ0) is 18.8. The Balaban J connectivity index is 1.36. The van der Waals surface area contributed by atoms with Gasteiger partial charge in [-0.15, -0.1) is 0 Å². The van der Waals surface area contributed by atoms with Gasteiger partial charge in [-0.3, -0.25) is 19.6 Å². The number of aromatic nitrogens is 3. The minimum absolute atomic E-state index is 0.0215. The average molecular weight is 367 g/mol. The highest BCUT2D eigenvalue weighted by atomic mass is 16.4. The molecule has 1 aromatic carbocycles. The smallest absolute Gasteiger partial charge is 0.408 e. The fourth-order valence-corrected chi connectivity index (χ4v) is 3.13. The number of aromatic amines is 1. The Morgan fingerprint density at radius 1 is 1.11 bits per heavy atom. The maximum atomic E-state index is 12.6. The second-order valence-corrected chi connectivity index (χ2v) is 6.29. The van der Waals surface area contributed by atoms with E-state index in [4.69, 9.17) is 4.42 Å². The molecular formula is C18H17N5O4. The molecule has 2 amide bonds. The molecule has 3 heterocycles. The van der Waals surface area contributed by atoms with E-state index in [1.54, 1.807) is 28.0 Å². The predicted octanol–water partition coefficient (Wildman–Crippen LogP) is 0.438. The van der Waals surface area contributed by atoms with Crippen LogP contribution in [0.1, 0.15) is 16.1 Å². The van der Waals surface area contributed by atoms with Gasteiger partial charge >= 0.3 is 5.76 Å². The van der Waals surface area contributed by atoms with Crippen LogP contribution in [0.4, 0.5) is 0 Å². The molecule has 4 rings (SSSR count). The van der Waals surface area contributed by atoms with Gasteiger partial charge in [0, 0.05) is 38.6 Å². The molecule has 0 aliphatic carbocycles. The van der Waals surface area contributed by atoms with Crippen LogP contribution < -0.4 is 5.76 Å². The summed E-state index contributed by atoms with van der Waals surface area (Å²) in [6.07, 6.45) is 4.67. The maximum absolute atomic E-state index is 12.6. The van der Waals surface area contributed by atoms with Crippen molar-refractivity contribution in [2.45, 2.75) is 6.42 Å². The van der Waals surface area contributed by atoms with Crippen LogP contribution in [-0.2, 0) is 11.2 Å². The molecule has 0 atom stereocenters.